The van der Waals surface area contributed by atoms with Crippen molar-refractivity contribution in [2.75, 3.05) is 46.0 Å². The van der Waals surface area contributed by atoms with Crippen LogP contribution in [0.4, 0.5) is 8.78 Å². The number of alkyl halides is 1. The van der Waals surface area contributed by atoms with Crippen molar-refractivity contribution in [3.8, 4) is 0 Å². The number of hydrazine groups is 1. The molecule has 3 fully saturated rings. The zero-order valence-electron chi connectivity index (χ0n) is 23.6. The van der Waals surface area contributed by atoms with Gasteiger partial charge in [-0.1, -0.05) is 12.1 Å². The van der Waals surface area contributed by atoms with Gasteiger partial charge in [0.15, 0.2) is 5.79 Å². The Morgan fingerprint density at radius 2 is 2.10 bits per heavy atom. The van der Waals surface area contributed by atoms with Gasteiger partial charge in [-0.15, -0.1) is 0 Å². The number of aliphatic hydroxyl groups is 2. The van der Waals surface area contributed by atoms with Crippen LogP contribution in [0.5, 0.6) is 0 Å². The molecule has 0 amide bonds. The first-order chi connectivity index (χ1) is 20.4. The fourth-order valence-corrected chi connectivity index (χ4v) is 7.36. The van der Waals surface area contributed by atoms with Crippen LogP contribution in [0, 0.1) is 5.82 Å². The first-order valence-corrected chi connectivity index (χ1v) is 14.9. The van der Waals surface area contributed by atoms with E-state index in [2.05, 4.69) is 24.9 Å². The van der Waals surface area contributed by atoms with Crippen LogP contribution < -0.4 is 0 Å². The highest BCUT2D eigenvalue weighted by molar-refractivity contribution is 5.87. The molecule has 42 heavy (non-hydrogen) atoms. The summed E-state index contributed by atoms with van der Waals surface area (Å²) in [6.07, 6.45) is 8.51. The van der Waals surface area contributed by atoms with Crippen molar-refractivity contribution in [2.24, 2.45) is 0 Å². The third kappa shape index (κ3) is 5.06. The number of aliphatic hydroxyl groups excluding tert-OH is 1. The standard InChI is InChI=1S/C31H37F2N5O4/c32-22-11-30(6-2-7-36(30)16-22)19-42-31(40)12-25-24(4-1-5-27(25)33)26(13-31)29-10-28-21(14-34-20-35-28)15-38(29)37-8-3-9-41-23(17-37)18-39/h1,4-5,10,13-14,20,22-23,39-40H,2-3,6-9,11-12,15-19H2/t22-,23?,30+,31?/m1/s1. The van der Waals surface area contributed by atoms with Crippen molar-refractivity contribution in [3.05, 3.63) is 70.7 Å². The largest absolute Gasteiger partial charge is 0.394 e. The van der Waals surface area contributed by atoms with E-state index in [1.807, 2.05) is 12.1 Å². The summed E-state index contributed by atoms with van der Waals surface area (Å²) in [5, 5.41) is 26.1. The highest BCUT2D eigenvalue weighted by atomic mass is 19.1. The van der Waals surface area contributed by atoms with E-state index >= 15 is 4.39 Å². The van der Waals surface area contributed by atoms with E-state index in [-0.39, 0.29) is 25.7 Å². The molecule has 2 aromatic rings. The molecule has 0 bridgehead atoms. The minimum absolute atomic E-state index is 0.0518. The molecule has 5 aliphatic rings. The van der Waals surface area contributed by atoms with E-state index in [1.54, 1.807) is 18.3 Å². The minimum atomic E-state index is -1.80. The number of hydrogen-bond donors (Lipinski definition) is 2. The van der Waals surface area contributed by atoms with E-state index in [9.17, 15) is 14.6 Å². The van der Waals surface area contributed by atoms with Gasteiger partial charge in [-0.3, -0.25) is 4.90 Å². The maximum Gasteiger partial charge on any atom is 0.190 e. The van der Waals surface area contributed by atoms with Gasteiger partial charge in [0.05, 0.1) is 37.3 Å². The molecule has 0 spiro atoms. The summed E-state index contributed by atoms with van der Waals surface area (Å²) in [4.78, 5) is 10.9. The summed E-state index contributed by atoms with van der Waals surface area (Å²) in [5.74, 6) is -2.21. The lowest BCUT2D eigenvalue weighted by atomic mass is 9.84. The summed E-state index contributed by atoms with van der Waals surface area (Å²) < 4.78 is 42.0. The topological polar surface area (TPSA) is 94.4 Å². The van der Waals surface area contributed by atoms with E-state index in [0.717, 1.165) is 42.8 Å². The lowest BCUT2D eigenvalue weighted by Gasteiger charge is -2.43. The van der Waals surface area contributed by atoms with Gasteiger partial charge in [-0.2, -0.15) is 0 Å². The predicted molar refractivity (Wildman–Crippen MR) is 151 cm³/mol. The van der Waals surface area contributed by atoms with Crippen molar-refractivity contribution in [3.63, 3.8) is 0 Å². The molecular formula is C31H37F2N5O4. The number of fused-ring (bicyclic) bond motifs is 3. The second kappa shape index (κ2) is 11.0. The van der Waals surface area contributed by atoms with Crippen molar-refractivity contribution >= 4 is 11.6 Å². The van der Waals surface area contributed by atoms with Crippen molar-refractivity contribution in [1.29, 1.82) is 0 Å². The van der Waals surface area contributed by atoms with Crippen LogP contribution in [-0.2, 0) is 22.4 Å². The second-order valence-electron chi connectivity index (χ2n) is 12.2. The van der Waals surface area contributed by atoms with E-state index in [4.69, 9.17) is 9.47 Å². The lowest BCUT2D eigenvalue weighted by Crippen LogP contribution is -2.48. The molecule has 224 valence electrons. The van der Waals surface area contributed by atoms with Crippen LogP contribution in [0.25, 0.3) is 11.6 Å². The lowest BCUT2D eigenvalue weighted by molar-refractivity contribution is -0.184. The SMILES string of the molecule is OCC1CN(N2Cc3cncnc3C=C2C2=CC(O)(OC[C@@]34CCCN3C[C@H](F)C4)Cc3c(F)cccc32)CCCO1. The highest BCUT2D eigenvalue weighted by Gasteiger charge is 2.50. The molecule has 3 saturated heterocycles. The Labute approximate surface area is 244 Å². The molecule has 1 aromatic heterocycles. The van der Waals surface area contributed by atoms with E-state index in [1.165, 1.54) is 12.4 Å². The molecular weight excluding hydrogens is 544 g/mol. The van der Waals surface area contributed by atoms with Crippen molar-refractivity contribution < 1.29 is 28.5 Å². The first kappa shape index (κ1) is 28.0. The summed E-state index contributed by atoms with van der Waals surface area (Å²) in [5.41, 5.74) is 3.63. The average Bonchev–Trinajstić information content (AvgIpc) is 3.40. The van der Waals surface area contributed by atoms with E-state index in [0.29, 0.717) is 55.9 Å². The summed E-state index contributed by atoms with van der Waals surface area (Å²) in [6, 6.07) is 4.94. The van der Waals surface area contributed by atoms with Crippen LogP contribution >= 0.6 is 0 Å². The smallest absolute Gasteiger partial charge is 0.190 e. The molecule has 1 aliphatic carbocycles. The molecule has 0 saturated carbocycles. The number of aromatic nitrogens is 2. The molecule has 2 unspecified atom stereocenters. The Balaban J connectivity index is 1.29. The number of benzene rings is 1. The monoisotopic (exact) mass is 581 g/mol. The van der Waals surface area contributed by atoms with Gasteiger partial charge < -0.3 is 24.7 Å². The number of allylic oxidation sites excluding steroid dienone is 1. The second-order valence-corrected chi connectivity index (χ2v) is 12.2. The summed E-state index contributed by atoms with van der Waals surface area (Å²) >= 11 is 0. The fourth-order valence-electron chi connectivity index (χ4n) is 7.36. The third-order valence-electron chi connectivity index (χ3n) is 9.40. The number of ether oxygens (including phenoxy) is 2. The molecule has 4 atom stereocenters. The van der Waals surface area contributed by atoms with Gasteiger partial charge >= 0.3 is 0 Å². The van der Waals surface area contributed by atoms with Crippen LogP contribution in [0.2, 0.25) is 0 Å². The molecule has 7 rings (SSSR count). The van der Waals surface area contributed by atoms with Crippen molar-refractivity contribution in [1.82, 2.24) is 24.9 Å². The number of rotatable bonds is 6. The zero-order chi connectivity index (χ0) is 28.9. The zero-order valence-corrected chi connectivity index (χ0v) is 23.6. The van der Waals surface area contributed by atoms with Gasteiger partial charge in [0.1, 0.15) is 18.3 Å². The molecule has 9 nitrogen and oxygen atoms in total. The maximum atomic E-state index is 15.4. The first-order valence-electron chi connectivity index (χ1n) is 14.9. The Kier molecular flexibility index (Phi) is 7.36. The Morgan fingerprint density at radius 1 is 1.19 bits per heavy atom. The Hall–Kier alpha value is -2.80. The minimum Gasteiger partial charge on any atom is -0.394 e. The van der Waals surface area contributed by atoms with Crippen LogP contribution in [0.3, 0.4) is 0 Å². The molecule has 4 aliphatic heterocycles. The molecule has 1 aromatic carbocycles. The number of halogens is 2. The summed E-state index contributed by atoms with van der Waals surface area (Å²) in [6.45, 7) is 3.40. The number of hydrogen-bond acceptors (Lipinski definition) is 9. The van der Waals surface area contributed by atoms with Gasteiger partial charge in [0.25, 0.3) is 0 Å². The Bertz CT molecular complexity index is 1410. The van der Waals surface area contributed by atoms with Crippen LogP contribution in [0.1, 0.15) is 48.1 Å². The molecule has 2 N–H and O–H groups in total. The van der Waals surface area contributed by atoms with Gasteiger partial charge in [0, 0.05) is 67.5 Å². The highest BCUT2D eigenvalue weighted by Crippen LogP contribution is 2.44. The quantitative estimate of drug-likeness (QED) is 0.500. The van der Waals surface area contributed by atoms with Gasteiger partial charge in [-0.25, -0.2) is 23.8 Å². The van der Waals surface area contributed by atoms with Gasteiger partial charge in [0.2, 0.25) is 0 Å². The van der Waals surface area contributed by atoms with E-state index < -0.39 is 23.3 Å². The molecule has 5 heterocycles. The van der Waals surface area contributed by atoms with Crippen LogP contribution in [0.15, 0.2) is 42.5 Å². The predicted octanol–water partition coefficient (Wildman–Crippen LogP) is 2.69. The normalized spacial score (nSPS) is 31.7. The van der Waals surface area contributed by atoms with Crippen molar-refractivity contribution in [2.45, 2.75) is 62.3 Å². The molecule has 11 heteroatoms. The van der Waals surface area contributed by atoms with Crippen LogP contribution in [-0.4, -0.2) is 105 Å². The van der Waals surface area contributed by atoms with Gasteiger partial charge in [-0.05, 0) is 49.6 Å². The summed E-state index contributed by atoms with van der Waals surface area (Å²) in [7, 11) is 0. The number of nitrogens with zero attached hydrogens (tertiary/aromatic N) is 5. The maximum absolute atomic E-state index is 15.4. The average molecular weight is 582 g/mol. The third-order valence-corrected chi connectivity index (χ3v) is 9.40. The Morgan fingerprint density at radius 3 is 2.98 bits per heavy atom. The fraction of sp³-hybridized carbons (Fsp3) is 0.548. The molecule has 0 radical (unpaired) electrons.